The maximum atomic E-state index is 13.1. The molecule has 0 bridgehead atoms. The predicted molar refractivity (Wildman–Crippen MR) is 134 cm³/mol. The van der Waals surface area contributed by atoms with Crippen molar-refractivity contribution in [1.82, 2.24) is 15.6 Å². The number of urea groups is 1. The number of carboxylic acid groups (broad SMARTS) is 1. The molecule has 2 heterocycles. The number of aliphatic carboxylic acids is 1. The van der Waals surface area contributed by atoms with E-state index in [4.69, 9.17) is 14.9 Å². The number of benzene rings is 1. The number of hydrogen-bond acceptors (Lipinski definition) is 8. The number of carbonyl (C=O) groups excluding carboxylic acids is 2. The quantitative estimate of drug-likeness (QED) is 0.281. The van der Waals surface area contributed by atoms with Gasteiger partial charge in [0.1, 0.15) is 28.6 Å². The number of hydrogen-bond donors (Lipinski definition) is 4. The number of fused-ring (bicyclic) bond motifs is 1. The van der Waals surface area contributed by atoms with Crippen LogP contribution in [0.15, 0.2) is 33.0 Å². The lowest BCUT2D eigenvalue weighted by molar-refractivity contribution is -0.143. The van der Waals surface area contributed by atoms with Crippen molar-refractivity contribution in [2.24, 2.45) is 5.73 Å². The molecule has 12 heteroatoms. The van der Waals surface area contributed by atoms with E-state index in [1.165, 1.54) is 24.5 Å². The molecular formula is C24H28N4O7S. The monoisotopic (exact) mass is 516 g/mol. The molecule has 192 valence electrons. The van der Waals surface area contributed by atoms with E-state index in [-0.39, 0.29) is 18.4 Å². The second-order valence-electron chi connectivity index (χ2n) is 8.17. The minimum absolute atomic E-state index is 0.0936. The fourth-order valence-electron chi connectivity index (χ4n) is 3.52. The molecule has 2 atom stereocenters. The average Bonchev–Trinajstić information content (AvgIpc) is 3.26. The zero-order chi connectivity index (χ0) is 26.4. The number of nitrogens with two attached hydrogens (primary N) is 1. The number of amides is 3. The predicted octanol–water partition coefficient (Wildman–Crippen LogP) is 2.57. The van der Waals surface area contributed by atoms with Gasteiger partial charge < -0.3 is 30.6 Å². The zero-order valence-corrected chi connectivity index (χ0v) is 20.9. The lowest BCUT2D eigenvalue weighted by Gasteiger charge is -2.20. The number of aromatic nitrogens is 1. The molecule has 0 aliphatic heterocycles. The number of primary amides is 1. The van der Waals surface area contributed by atoms with Crippen molar-refractivity contribution in [3.05, 3.63) is 45.3 Å². The van der Waals surface area contributed by atoms with Crippen LogP contribution in [0.2, 0.25) is 0 Å². The minimum Gasteiger partial charge on any atom is -0.480 e. The Morgan fingerprint density at radius 3 is 2.67 bits per heavy atom. The largest absolute Gasteiger partial charge is 0.480 e. The molecule has 0 radical (unpaired) electrons. The van der Waals surface area contributed by atoms with Crippen LogP contribution in [0.3, 0.4) is 0 Å². The summed E-state index contributed by atoms with van der Waals surface area (Å²) >= 11 is 1.36. The highest BCUT2D eigenvalue weighted by Crippen LogP contribution is 2.29. The third-order valence-electron chi connectivity index (χ3n) is 5.44. The average molecular weight is 517 g/mol. The molecule has 3 aromatic rings. The number of aryl methyl sites for hydroxylation is 2. The fourth-order valence-corrected chi connectivity index (χ4v) is 4.32. The SMILES string of the molecule is CCc1cc2c(=O)c(-c3nc(C)cs3)coc2cc1OC(C)C(=O)NC(CCCNC(N)=O)C(=O)O. The lowest BCUT2D eigenvalue weighted by Crippen LogP contribution is -2.46. The summed E-state index contributed by atoms with van der Waals surface area (Å²) < 4.78 is 11.6. The Kier molecular flexibility index (Phi) is 8.64. The van der Waals surface area contributed by atoms with E-state index in [9.17, 15) is 24.3 Å². The molecule has 0 saturated carbocycles. The molecule has 0 aliphatic carbocycles. The van der Waals surface area contributed by atoms with Crippen LogP contribution in [-0.2, 0) is 16.0 Å². The molecule has 0 saturated heterocycles. The van der Waals surface area contributed by atoms with E-state index in [1.807, 2.05) is 19.2 Å². The van der Waals surface area contributed by atoms with E-state index in [0.717, 1.165) is 5.69 Å². The molecular weight excluding hydrogens is 488 g/mol. The van der Waals surface area contributed by atoms with Crippen molar-refractivity contribution in [2.75, 3.05) is 6.54 Å². The second kappa shape index (κ2) is 11.7. The number of nitrogens with zero attached hydrogens (tertiary/aromatic N) is 1. The van der Waals surface area contributed by atoms with Crippen LogP contribution in [-0.4, -0.2) is 46.7 Å². The maximum Gasteiger partial charge on any atom is 0.326 e. The molecule has 3 amide bonds. The van der Waals surface area contributed by atoms with Gasteiger partial charge in [0, 0.05) is 23.7 Å². The first kappa shape index (κ1) is 26.7. The topological polar surface area (TPSA) is 174 Å². The molecule has 36 heavy (non-hydrogen) atoms. The van der Waals surface area contributed by atoms with E-state index in [2.05, 4.69) is 15.6 Å². The van der Waals surface area contributed by atoms with Crippen molar-refractivity contribution in [1.29, 1.82) is 0 Å². The third-order valence-corrected chi connectivity index (χ3v) is 6.44. The van der Waals surface area contributed by atoms with Gasteiger partial charge in [-0.15, -0.1) is 11.3 Å². The standard InChI is InChI=1S/C24H28N4O7S/c1-4-14-8-15-19(34-10-16(20(15)29)22-27-12(2)11-36-22)9-18(14)35-13(3)21(30)28-17(23(31)32)6-5-7-26-24(25)33/h8-11,13,17H,4-7H2,1-3H3,(H,28,30)(H,31,32)(H3,25,26,33). The number of carboxylic acids is 1. The summed E-state index contributed by atoms with van der Waals surface area (Å²) in [5, 5.41) is 17.0. The van der Waals surface area contributed by atoms with Gasteiger partial charge in [-0.1, -0.05) is 6.92 Å². The molecule has 0 spiro atoms. The normalized spacial score (nSPS) is 12.6. The number of nitrogens with one attached hydrogen (secondary N) is 2. The Balaban J connectivity index is 1.77. The van der Waals surface area contributed by atoms with Gasteiger partial charge in [-0.05, 0) is 44.7 Å². The fraction of sp³-hybridized carbons (Fsp3) is 0.375. The molecule has 0 aliphatic rings. The Labute approximate surface area is 210 Å². The van der Waals surface area contributed by atoms with Crippen molar-refractivity contribution >= 4 is 40.2 Å². The number of thiazole rings is 1. The summed E-state index contributed by atoms with van der Waals surface area (Å²) in [6.07, 6.45) is 1.25. The highest BCUT2D eigenvalue weighted by atomic mass is 32.1. The number of ether oxygens (including phenoxy) is 1. The van der Waals surface area contributed by atoms with E-state index in [1.54, 1.807) is 12.1 Å². The Morgan fingerprint density at radius 2 is 2.06 bits per heavy atom. The van der Waals surface area contributed by atoms with Gasteiger partial charge >= 0.3 is 12.0 Å². The molecule has 11 nitrogen and oxygen atoms in total. The van der Waals surface area contributed by atoms with E-state index < -0.39 is 30.1 Å². The summed E-state index contributed by atoms with van der Waals surface area (Å²) in [7, 11) is 0. The number of rotatable bonds is 11. The molecule has 5 N–H and O–H groups in total. The highest BCUT2D eigenvalue weighted by molar-refractivity contribution is 7.13. The first-order valence-corrected chi connectivity index (χ1v) is 12.2. The van der Waals surface area contributed by atoms with Gasteiger partial charge in [0.05, 0.1) is 10.9 Å². The van der Waals surface area contributed by atoms with Crippen LogP contribution in [0.25, 0.3) is 21.5 Å². The summed E-state index contributed by atoms with van der Waals surface area (Å²) in [5.41, 5.74) is 6.94. The first-order chi connectivity index (χ1) is 17.1. The van der Waals surface area contributed by atoms with Crippen LogP contribution in [0.5, 0.6) is 5.75 Å². The van der Waals surface area contributed by atoms with Crippen molar-refractivity contribution in [3.8, 4) is 16.3 Å². The van der Waals surface area contributed by atoms with E-state index in [0.29, 0.717) is 45.7 Å². The van der Waals surface area contributed by atoms with Gasteiger partial charge in [0.2, 0.25) is 5.43 Å². The van der Waals surface area contributed by atoms with Crippen molar-refractivity contribution < 1.29 is 28.6 Å². The molecule has 2 unspecified atom stereocenters. The Hall–Kier alpha value is -3.93. The molecule has 3 rings (SSSR count). The van der Waals surface area contributed by atoms with Crippen LogP contribution in [0, 0.1) is 6.92 Å². The number of carbonyl (C=O) groups is 3. The van der Waals surface area contributed by atoms with Crippen LogP contribution in [0.1, 0.15) is 37.9 Å². The van der Waals surface area contributed by atoms with Gasteiger partial charge in [0.15, 0.2) is 6.10 Å². The van der Waals surface area contributed by atoms with Gasteiger partial charge in [0.25, 0.3) is 5.91 Å². The van der Waals surface area contributed by atoms with Gasteiger partial charge in [-0.25, -0.2) is 14.6 Å². The summed E-state index contributed by atoms with van der Waals surface area (Å²) in [5.74, 6) is -1.47. The molecule has 1 aromatic carbocycles. The van der Waals surface area contributed by atoms with Crippen LogP contribution in [0.4, 0.5) is 4.79 Å². The Morgan fingerprint density at radius 1 is 1.31 bits per heavy atom. The Bertz CT molecular complexity index is 1330. The van der Waals surface area contributed by atoms with Crippen molar-refractivity contribution in [2.45, 2.75) is 52.2 Å². The van der Waals surface area contributed by atoms with E-state index >= 15 is 0 Å². The van der Waals surface area contributed by atoms with Gasteiger partial charge in [-0.3, -0.25) is 9.59 Å². The molecule has 0 fully saturated rings. The zero-order valence-electron chi connectivity index (χ0n) is 20.1. The highest BCUT2D eigenvalue weighted by Gasteiger charge is 2.25. The molecule has 2 aromatic heterocycles. The third kappa shape index (κ3) is 6.39. The van der Waals surface area contributed by atoms with Crippen LogP contribution >= 0.6 is 11.3 Å². The summed E-state index contributed by atoms with van der Waals surface area (Å²) in [4.78, 5) is 52.4. The first-order valence-electron chi connectivity index (χ1n) is 11.3. The summed E-state index contributed by atoms with van der Waals surface area (Å²) in [6.45, 7) is 5.41. The maximum absolute atomic E-state index is 13.1. The van der Waals surface area contributed by atoms with Gasteiger partial charge in [-0.2, -0.15) is 0 Å². The second-order valence-corrected chi connectivity index (χ2v) is 9.03. The van der Waals surface area contributed by atoms with Crippen LogP contribution < -0.4 is 26.5 Å². The van der Waals surface area contributed by atoms with Crippen molar-refractivity contribution in [3.63, 3.8) is 0 Å². The lowest BCUT2D eigenvalue weighted by atomic mass is 10.1. The summed E-state index contributed by atoms with van der Waals surface area (Å²) in [6, 6.07) is 1.36. The smallest absolute Gasteiger partial charge is 0.326 e. The minimum atomic E-state index is -1.21.